The van der Waals surface area contributed by atoms with Crippen molar-refractivity contribution in [2.75, 3.05) is 18.4 Å². The SMILES string of the molecule is CC1CCN([C@@H](C(=O)Nc2cc(CCC(=O)O)ccc2F)[C@@H](C)C(F)(F)F)CC1. The van der Waals surface area contributed by atoms with E-state index in [4.69, 9.17) is 5.11 Å². The van der Waals surface area contributed by atoms with Crippen molar-refractivity contribution < 1.29 is 32.3 Å². The molecule has 1 aliphatic heterocycles. The van der Waals surface area contributed by atoms with Gasteiger partial charge in [-0.25, -0.2) is 4.39 Å². The molecular weight excluding hydrogens is 392 g/mol. The van der Waals surface area contributed by atoms with E-state index < -0.39 is 35.8 Å². The number of carboxylic acids is 1. The number of aliphatic carboxylic acids is 1. The molecule has 0 aromatic heterocycles. The predicted octanol–water partition coefficient (Wildman–Crippen LogP) is 4.08. The molecule has 1 heterocycles. The smallest absolute Gasteiger partial charge is 0.393 e. The second kappa shape index (κ2) is 9.56. The summed E-state index contributed by atoms with van der Waals surface area (Å²) in [5.41, 5.74) is 0.221. The summed E-state index contributed by atoms with van der Waals surface area (Å²) < 4.78 is 54.4. The van der Waals surface area contributed by atoms with E-state index >= 15 is 0 Å². The van der Waals surface area contributed by atoms with Gasteiger partial charge in [0, 0.05) is 6.42 Å². The highest BCUT2D eigenvalue weighted by atomic mass is 19.4. The molecule has 2 N–H and O–H groups in total. The van der Waals surface area contributed by atoms with Crippen LogP contribution in [0.5, 0.6) is 0 Å². The zero-order valence-corrected chi connectivity index (χ0v) is 16.4. The van der Waals surface area contributed by atoms with Gasteiger partial charge in [0.2, 0.25) is 5.91 Å². The zero-order valence-electron chi connectivity index (χ0n) is 16.4. The van der Waals surface area contributed by atoms with Crippen LogP contribution in [0.15, 0.2) is 18.2 Å². The van der Waals surface area contributed by atoms with Crippen LogP contribution in [0.2, 0.25) is 0 Å². The average Bonchev–Trinajstić information content (AvgIpc) is 2.63. The zero-order chi connectivity index (χ0) is 21.8. The lowest BCUT2D eigenvalue weighted by Gasteiger charge is -2.39. The van der Waals surface area contributed by atoms with Crippen molar-refractivity contribution in [1.82, 2.24) is 4.90 Å². The molecule has 2 rings (SSSR count). The summed E-state index contributed by atoms with van der Waals surface area (Å²) in [6.07, 6.45) is -3.27. The molecule has 2 atom stereocenters. The number of nitrogens with one attached hydrogen (secondary N) is 1. The highest BCUT2D eigenvalue weighted by molar-refractivity contribution is 5.95. The van der Waals surface area contributed by atoms with E-state index in [0.717, 1.165) is 13.0 Å². The highest BCUT2D eigenvalue weighted by Crippen LogP contribution is 2.33. The van der Waals surface area contributed by atoms with Gasteiger partial charge in [0.15, 0.2) is 0 Å². The van der Waals surface area contributed by atoms with Gasteiger partial charge in [-0.3, -0.25) is 14.5 Å². The first kappa shape index (κ1) is 23.1. The Bertz CT molecular complexity index is 731. The number of nitrogens with zero attached hydrogens (tertiary/aromatic N) is 1. The lowest BCUT2D eigenvalue weighted by Crippen LogP contribution is -2.54. The Morgan fingerprint density at radius 3 is 2.45 bits per heavy atom. The van der Waals surface area contributed by atoms with Gasteiger partial charge in [-0.1, -0.05) is 19.9 Å². The van der Waals surface area contributed by atoms with Crippen molar-refractivity contribution in [3.8, 4) is 0 Å². The number of amides is 1. The molecule has 0 saturated carbocycles. The van der Waals surface area contributed by atoms with Crippen molar-refractivity contribution in [2.45, 2.75) is 51.7 Å². The number of aryl methyl sites for hydroxylation is 1. The van der Waals surface area contributed by atoms with Crippen LogP contribution in [0.4, 0.5) is 23.2 Å². The molecule has 1 aromatic rings. The molecular formula is C20H26F4N2O3. The maximum Gasteiger partial charge on any atom is 0.393 e. The van der Waals surface area contributed by atoms with Crippen LogP contribution in [0.3, 0.4) is 0 Å². The fourth-order valence-corrected chi connectivity index (χ4v) is 3.48. The largest absolute Gasteiger partial charge is 0.481 e. The predicted molar refractivity (Wildman–Crippen MR) is 100.0 cm³/mol. The molecule has 29 heavy (non-hydrogen) atoms. The van der Waals surface area contributed by atoms with Crippen molar-refractivity contribution in [2.24, 2.45) is 11.8 Å². The Morgan fingerprint density at radius 2 is 1.90 bits per heavy atom. The van der Waals surface area contributed by atoms with Crippen molar-refractivity contribution in [3.05, 3.63) is 29.6 Å². The molecule has 162 valence electrons. The number of benzene rings is 1. The first-order chi connectivity index (χ1) is 13.5. The van der Waals surface area contributed by atoms with Gasteiger partial charge in [0.1, 0.15) is 11.9 Å². The summed E-state index contributed by atoms with van der Waals surface area (Å²) in [5.74, 6) is -4.28. The van der Waals surface area contributed by atoms with Gasteiger partial charge in [-0.05, 0) is 56.0 Å². The third kappa shape index (κ3) is 6.42. The van der Waals surface area contributed by atoms with Crippen molar-refractivity contribution in [3.63, 3.8) is 0 Å². The molecule has 1 saturated heterocycles. The molecule has 0 aliphatic carbocycles. The van der Waals surface area contributed by atoms with Crippen molar-refractivity contribution in [1.29, 1.82) is 0 Å². The molecule has 1 aliphatic rings. The minimum atomic E-state index is -4.58. The standard InChI is InChI=1S/C20H26F4N2O3/c1-12-7-9-26(10-8-12)18(13(2)20(22,23)24)19(29)25-16-11-14(3-5-15(16)21)4-6-17(27)28/h3,5,11-13,18H,4,6-10H2,1-2H3,(H,25,29)(H,27,28)/t13-,18-/m1/s1. The van der Waals surface area contributed by atoms with Crippen LogP contribution < -0.4 is 5.32 Å². The monoisotopic (exact) mass is 418 g/mol. The van der Waals surface area contributed by atoms with Gasteiger partial charge < -0.3 is 10.4 Å². The molecule has 9 heteroatoms. The Balaban J connectivity index is 2.22. The summed E-state index contributed by atoms with van der Waals surface area (Å²) in [4.78, 5) is 25.0. The number of halogens is 4. The molecule has 0 unspecified atom stereocenters. The molecule has 1 amide bonds. The van der Waals surface area contributed by atoms with Gasteiger partial charge in [0.25, 0.3) is 0 Å². The van der Waals surface area contributed by atoms with E-state index in [1.807, 2.05) is 6.92 Å². The van der Waals surface area contributed by atoms with E-state index in [9.17, 15) is 27.2 Å². The minimum Gasteiger partial charge on any atom is -0.481 e. The topological polar surface area (TPSA) is 69.6 Å². The van der Waals surface area contributed by atoms with Gasteiger partial charge in [-0.2, -0.15) is 13.2 Å². The number of alkyl halides is 3. The molecule has 0 radical (unpaired) electrons. The van der Waals surface area contributed by atoms with Gasteiger partial charge in [-0.15, -0.1) is 0 Å². The lowest BCUT2D eigenvalue weighted by atomic mass is 9.92. The third-order valence-electron chi connectivity index (χ3n) is 5.39. The summed E-state index contributed by atoms with van der Waals surface area (Å²) in [5, 5.41) is 11.1. The Kier molecular flexibility index (Phi) is 7.62. The number of carboxylic acid groups (broad SMARTS) is 1. The van der Waals surface area contributed by atoms with Crippen LogP contribution >= 0.6 is 0 Å². The Hall–Kier alpha value is -2.16. The number of carbonyl (C=O) groups is 2. The van der Waals surface area contributed by atoms with E-state index in [2.05, 4.69) is 5.32 Å². The van der Waals surface area contributed by atoms with E-state index in [0.29, 0.717) is 37.4 Å². The quantitative estimate of drug-likeness (QED) is 0.655. The number of piperidine rings is 1. The van der Waals surface area contributed by atoms with Crippen LogP contribution in [0.25, 0.3) is 0 Å². The van der Waals surface area contributed by atoms with Gasteiger partial charge >= 0.3 is 12.1 Å². The Labute approximate surface area is 167 Å². The van der Waals surface area contributed by atoms with Gasteiger partial charge in [0.05, 0.1) is 11.6 Å². The van der Waals surface area contributed by atoms with Crippen LogP contribution in [-0.2, 0) is 16.0 Å². The first-order valence-corrected chi connectivity index (χ1v) is 9.61. The highest BCUT2D eigenvalue weighted by Gasteiger charge is 2.47. The number of likely N-dealkylation sites (tertiary alicyclic amines) is 1. The average molecular weight is 418 g/mol. The number of carbonyl (C=O) groups excluding carboxylic acids is 1. The number of hydrogen-bond donors (Lipinski definition) is 2. The molecule has 1 fully saturated rings. The van der Waals surface area contributed by atoms with Crippen LogP contribution in [0, 0.1) is 17.7 Å². The molecule has 5 nitrogen and oxygen atoms in total. The summed E-state index contributed by atoms with van der Waals surface area (Å²) in [6.45, 7) is 3.70. The van der Waals surface area contributed by atoms with E-state index in [-0.39, 0.29) is 18.5 Å². The lowest BCUT2D eigenvalue weighted by molar-refractivity contribution is -0.189. The number of rotatable bonds is 7. The molecule has 0 spiro atoms. The van der Waals surface area contributed by atoms with E-state index in [1.165, 1.54) is 17.0 Å². The van der Waals surface area contributed by atoms with Crippen LogP contribution in [-0.4, -0.2) is 47.2 Å². The fourth-order valence-electron chi connectivity index (χ4n) is 3.48. The summed E-state index contributed by atoms with van der Waals surface area (Å²) >= 11 is 0. The molecule has 1 aromatic carbocycles. The molecule has 0 bridgehead atoms. The van der Waals surface area contributed by atoms with E-state index in [1.54, 1.807) is 0 Å². The minimum absolute atomic E-state index is 0.116. The second-order valence-electron chi connectivity index (χ2n) is 7.69. The van der Waals surface area contributed by atoms with Crippen molar-refractivity contribution >= 4 is 17.6 Å². The third-order valence-corrected chi connectivity index (χ3v) is 5.39. The number of hydrogen-bond acceptors (Lipinski definition) is 3. The Morgan fingerprint density at radius 1 is 1.28 bits per heavy atom. The maximum absolute atomic E-state index is 14.2. The second-order valence-corrected chi connectivity index (χ2v) is 7.69. The summed E-state index contributed by atoms with van der Waals surface area (Å²) in [6, 6.07) is 2.25. The summed E-state index contributed by atoms with van der Waals surface area (Å²) in [7, 11) is 0. The maximum atomic E-state index is 14.2. The normalized spacial score (nSPS) is 18.3. The first-order valence-electron chi connectivity index (χ1n) is 9.61. The number of anilines is 1. The fraction of sp³-hybridized carbons (Fsp3) is 0.600. The van der Waals surface area contributed by atoms with Crippen LogP contribution in [0.1, 0.15) is 38.7 Å².